The highest BCUT2D eigenvalue weighted by atomic mass is 16.5. The molecule has 2 amide bonds. The molecule has 5 rings (SSSR count). The fraction of sp³-hybridized carbons (Fsp3) is 0.222. The lowest BCUT2D eigenvalue weighted by Crippen LogP contribution is -2.48. The number of carbonyl (C=O) groups excluding carboxylic acids is 2. The van der Waals surface area contributed by atoms with Gasteiger partial charge in [0.15, 0.2) is 11.5 Å². The summed E-state index contributed by atoms with van der Waals surface area (Å²) in [5, 5.41) is 5.53. The van der Waals surface area contributed by atoms with Gasteiger partial charge in [0.1, 0.15) is 11.9 Å². The van der Waals surface area contributed by atoms with Gasteiger partial charge in [0.05, 0.1) is 0 Å². The summed E-state index contributed by atoms with van der Waals surface area (Å²) in [5.74, 6) is 0.0881. The van der Waals surface area contributed by atoms with E-state index in [0.717, 1.165) is 22.3 Å². The Balaban J connectivity index is 1.61. The van der Waals surface area contributed by atoms with Crippen LogP contribution in [0.25, 0.3) is 11.1 Å². The highest BCUT2D eigenvalue weighted by molar-refractivity contribution is 6.08. The molecule has 0 fully saturated rings. The molecule has 0 saturated carbocycles. The Morgan fingerprint density at radius 1 is 1.09 bits per heavy atom. The molecule has 3 aromatic rings. The van der Waals surface area contributed by atoms with Crippen molar-refractivity contribution in [2.24, 2.45) is 16.6 Å². The molecule has 2 aliphatic rings. The Bertz CT molecular complexity index is 1300. The molecule has 0 aliphatic carbocycles. The minimum atomic E-state index is -1.19. The summed E-state index contributed by atoms with van der Waals surface area (Å²) < 4.78 is 6.44. The lowest BCUT2D eigenvalue weighted by Gasteiger charge is -2.42. The zero-order valence-corrected chi connectivity index (χ0v) is 19.0. The van der Waals surface area contributed by atoms with Gasteiger partial charge in [0, 0.05) is 24.9 Å². The third-order valence-corrected chi connectivity index (χ3v) is 6.57. The Morgan fingerprint density at radius 3 is 2.56 bits per heavy atom. The summed E-state index contributed by atoms with van der Waals surface area (Å²) in [6.45, 7) is 3.92. The molecule has 3 atom stereocenters. The second-order valence-corrected chi connectivity index (χ2v) is 8.78. The van der Waals surface area contributed by atoms with Crippen molar-refractivity contribution in [3.8, 4) is 16.9 Å². The van der Waals surface area contributed by atoms with Crippen LogP contribution in [-0.4, -0.2) is 17.8 Å². The van der Waals surface area contributed by atoms with Gasteiger partial charge in [-0.2, -0.15) is 0 Å². The summed E-state index contributed by atoms with van der Waals surface area (Å²) >= 11 is 0. The average molecular weight is 455 g/mol. The number of rotatable bonds is 4. The lowest BCUT2D eigenvalue weighted by molar-refractivity contribution is -0.128. The average Bonchev–Trinajstić information content (AvgIpc) is 3.15. The lowest BCUT2D eigenvalue weighted by atomic mass is 9.72. The zero-order valence-electron chi connectivity index (χ0n) is 19.0. The normalized spacial score (nSPS) is 23.0. The third-order valence-electron chi connectivity index (χ3n) is 6.57. The number of hydrogen-bond acceptors (Lipinski definition) is 5. The second-order valence-electron chi connectivity index (χ2n) is 8.78. The first-order valence-corrected chi connectivity index (χ1v) is 11.2. The van der Waals surface area contributed by atoms with Crippen LogP contribution in [0.1, 0.15) is 36.6 Å². The Morgan fingerprint density at radius 2 is 1.85 bits per heavy atom. The minimum absolute atomic E-state index is 0.0806. The van der Waals surface area contributed by atoms with E-state index in [0.29, 0.717) is 17.9 Å². The number of hydrogen-bond donors (Lipinski definition) is 3. The van der Waals surface area contributed by atoms with Gasteiger partial charge in [-0.25, -0.2) is 4.99 Å². The van der Waals surface area contributed by atoms with Crippen molar-refractivity contribution in [2.45, 2.75) is 32.0 Å². The maximum Gasteiger partial charge on any atom is 0.259 e. The van der Waals surface area contributed by atoms with Gasteiger partial charge in [0.25, 0.3) is 5.91 Å². The maximum atomic E-state index is 13.4. The summed E-state index contributed by atoms with van der Waals surface area (Å²) in [5.41, 5.74) is 9.35. The topological polar surface area (TPSA) is 106 Å². The highest BCUT2D eigenvalue weighted by Gasteiger charge is 2.56. The number of nitrogens with two attached hydrogens (primary N) is 1. The number of nitrogens with zero attached hydrogens (tertiary/aromatic N) is 1. The molecule has 34 heavy (non-hydrogen) atoms. The monoisotopic (exact) mass is 454 g/mol. The van der Waals surface area contributed by atoms with Gasteiger partial charge in [-0.05, 0) is 40.5 Å². The zero-order chi connectivity index (χ0) is 23.9. The van der Waals surface area contributed by atoms with Crippen molar-refractivity contribution < 1.29 is 14.3 Å². The standard InChI is InChI=1S/C27H26N4O3/c1-16-24(19-8-4-3-5-9-19)34-23-12-11-21(14-22(23)27(16)25(33)30-26(28)31-27)20-10-6-7-18(13-20)15-29-17(2)32/h3-14,16,24H,15H2,1-2H3,(H,29,32)(H3,28,30,31,33)/t16?,24-,27?/m1/s1. The van der Waals surface area contributed by atoms with E-state index in [1.165, 1.54) is 6.92 Å². The molecule has 7 heteroatoms. The fourth-order valence-corrected chi connectivity index (χ4v) is 4.87. The first-order valence-electron chi connectivity index (χ1n) is 11.2. The van der Waals surface area contributed by atoms with Crippen molar-refractivity contribution in [3.63, 3.8) is 0 Å². The van der Waals surface area contributed by atoms with Crippen molar-refractivity contribution in [1.29, 1.82) is 0 Å². The predicted molar refractivity (Wildman–Crippen MR) is 130 cm³/mol. The number of aliphatic imine (C=N–C) groups is 1. The van der Waals surface area contributed by atoms with Crippen molar-refractivity contribution in [2.75, 3.05) is 0 Å². The number of carbonyl (C=O) groups is 2. The van der Waals surface area contributed by atoms with Crippen LogP contribution in [0.2, 0.25) is 0 Å². The summed E-state index contributed by atoms with van der Waals surface area (Å²) in [7, 11) is 0. The summed E-state index contributed by atoms with van der Waals surface area (Å²) in [6, 6.07) is 23.6. The van der Waals surface area contributed by atoms with Crippen LogP contribution in [0, 0.1) is 5.92 Å². The molecule has 2 unspecified atom stereocenters. The molecule has 4 N–H and O–H groups in total. The van der Waals surface area contributed by atoms with E-state index < -0.39 is 5.54 Å². The molecular formula is C27H26N4O3. The Hall–Kier alpha value is -4.13. The molecule has 172 valence electrons. The number of guanidine groups is 1. The Labute approximate surface area is 198 Å². The molecule has 0 aromatic heterocycles. The van der Waals surface area contributed by atoms with E-state index in [2.05, 4.69) is 15.6 Å². The van der Waals surface area contributed by atoms with Crippen molar-refractivity contribution in [3.05, 3.63) is 89.5 Å². The van der Waals surface area contributed by atoms with Crippen LogP contribution in [0.15, 0.2) is 77.8 Å². The number of benzene rings is 3. The van der Waals surface area contributed by atoms with Gasteiger partial charge in [-0.3, -0.25) is 14.9 Å². The second kappa shape index (κ2) is 8.33. The summed E-state index contributed by atoms with van der Waals surface area (Å²) in [6.07, 6.45) is -0.360. The van der Waals surface area contributed by atoms with E-state index in [9.17, 15) is 9.59 Å². The van der Waals surface area contributed by atoms with Crippen LogP contribution in [0.4, 0.5) is 0 Å². The van der Waals surface area contributed by atoms with Crippen LogP contribution >= 0.6 is 0 Å². The van der Waals surface area contributed by atoms with E-state index >= 15 is 0 Å². The number of fused-ring (bicyclic) bond motifs is 2. The van der Waals surface area contributed by atoms with E-state index in [1.54, 1.807) is 0 Å². The van der Waals surface area contributed by atoms with Gasteiger partial charge >= 0.3 is 0 Å². The Kier molecular flexibility index (Phi) is 5.32. The maximum absolute atomic E-state index is 13.4. The molecule has 0 radical (unpaired) electrons. The molecule has 7 nitrogen and oxygen atoms in total. The number of amides is 2. The van der Waals surface area contributed by atoms with Gasteiger partial charge in [0.2, 0.25) is 5.91 Å². The summed E-state index contributed by atoms with van der Waals surface area (Å²) in [4.78, 5) is 29.3. The molecule has 3 aromatic carbocycles. The van der Waals surface area contributed by atoms with Crippen LogP contribution in [0.3, 0.4) is 0 Å². The van der Waals surface area contributed by atoms with E-state index in [-0.39, 0.29) is 29.8 Å². The fourth-order valence-electron chi connectivity index (χ4n) is 4.87. The molecule has 1 spiro atoms. The highest BCUT2D eigenvalue weighted by Crippen LogP contribution is 2.52. The first-order chi connectivity index (χ1) is 16.4. The number of nitrogens with one attached hydrogen (secondary N) is 2. The van der Waals surface area contributed by atoms with E-state index in [4.69, 9.17) is 10.5 Å². The number of ether oxygens (including phenoxy) is 1. The van der Waals surface area contributed by atoms with Gasteiger partial charge < -0.3 is 15.8 Å². The van der Waals surface area contributed by atoms with Gasteiger partial charge in [-0.1, -0.05) is 61.5 Å². The largest absolute Gasteiger partial charge is 0.485 e. The first kappa shape index (κ1) is 21.7. The molecular weight excluding hydrogens is 428 g/mol. The van der Waals surface area contributed by atoms with Crippen LogP contribution < -0.4 is 21.1 Å². The quantitative estimate of drug-likeness (QED) is 0.562. The SMILES string of the molecule is CC(=O)NCc1cccc(-c2ccc3c(c2)C2(N=C(N)NC2=O)C(C)[C@H](c2ccccc2)O3)c1. The van der Waals surface area contributed by atoms with Gasteiger partial charge in [-0.15, -0.1) is 0 Å². The third kappa shape index (κ3) is 3.59. The van der Waals surface area contributed by atoms with Crippen molar-refractivity contribution in [1.82, 2.24) is 10.6 Å². The van der Waals surface area contributed by atoms with Crippen LogP contribution in [-0.2, 0) is 21.7 Å². The molecule has 0 bridgehead atoms. The van der Waals surface area contributed by atoms with Crippen LogP contribution in [0.5, 0.6) is 5.75 Å². The predicted octanol–water partition coefficient (Wildman–Crippen LogP) is 3.40. The van der Waals surface area contributed by atoms with Crippen molar-refractivity contribution >= 4 is 17.8 Å². The smallest absolute Gasteiger partial charge is 0.259 e. The molecule has 2 heterocycles. The minimum Gasteiger partial charge on any atom is -0.485 e. The molecule has 2 aliphatic heterocycles. The molecule has 0 saturated heterocycles. The van der Waals surface area contributed by atoms with E-state index in [1.807, 2.05) is 79.7 Å².